The normalized spacial score (nSPS) is 10.8. The van der Waals surface area contributed by atoms with Gasteiger partial charge in [-0.15, -0.1) is 0 Å². The van der Waals surface area contributed by atoms with Crippen molar-refractivity contribution in [2.75, 3.05) is 5.32 Å². The van der Waals surface area contributed by atoms with E-state index in [0.717, 1.165) is 39.3 Å². The molecule has 0 radical (unpaired) electrons. The van der Waals surface area contributed by atoms with Crippen molar-refractivity contribution < 1.29 is 4.79 Å². The van der Waals surface area contributed by atoms with Gasteiger partial charge in [0.2, 0.25) is 0 Å². The van der Waals surface area contributed by atoms with Gasteiger partial charge < -0.3 is 5.32 Å². The fourth-order valence-electron chi connectivity index (χ4n) is 4.29. The molecule has 0 atom stereocenters. The van der Waals surface area contributed by atoms with Gasteiger partial charge in [0.05, 0.1) is 11.4 Å². The maximum atomic E-state index is 13.2. The Hall–Kier alpha value is -4.44. The Morgan fingerprint density at radius 1 is 0.657 bits per heavy atom. The van der Waals surface area contributed by atoms with Gasteiger partial charge in [-0.3, -0.25) is 4.79 Å². The summed E-state index contributed by atoms with van der Waals surface area (Å²) >= 11 is 0. The Balaban J connectivity index is 1.53. The second kappa shape index (κ2) is 9.43. The molecule has 4 nitrogen and oxygen atoms in total. The quantitative estimate of drug-likeness (QED) is 0.299. The summed E-state index contributed by atoms with van der Waals surface area (Å²) in [5, 5.41) is 7.72. The molecule has 0 fully saturated rings. The van der Waals surface area contributed by atoms with Crippen LogP contribution in [0.25, 0.3) is 28.1 Å². The topological polar surface area (TPSA) is 46.9 Å². The molecule has 1 aromatic heterocycles. The summed E-state index contributed by atoms with van der Waals surface area (Å²) in [5.74, 6) is -0.233. The second-order valence-electron chi connectivity index (χ2n) is 8.94. The number of carbonyl (C=O) groups is 1. The van der Waals surface area contributed by atoms with Gasteiger partial charge in [-0.05, 0) is 73.4 Å². The zero-order chi connectivity index (χ0) is 24.4. The molecular formula is C31H27N3O. The van der Waals surface area contributed by atoms with Crippen LogP contribution in [0.1, 0.15) is 27.2 Å². The van der Waals surface area contributed by atoms with Gasteiger partial charge in [0.1, 0.15) is 0 Å². The zero-order valence-corrected chi connectivity index (χ0v) is 20.1. The van der Waals surface area contributed by atoms with Crippen molar-refractivity contribution in [2.45, 2.75) is 20.8 Å². The first-order valence-corrected chi connectivity index (χ1v) is 11.7. The lowest BCUT2D eigenvalue weighted by Gasteiger charge is -2.09. The summed E-state index contributed by atoms with van der Waals surface area (Å²) < 4.78 is 1.84. The lowest BCUT2D eigenvalue weighted by Crippen LogP contribution is -2.13. The molecule has 0 spiro atoms. The van der Waals surface area contributed by atoms with Crippen LogP contribution in [0.3, 0.4) is 0 Å². The third kappa shape index (κ3) is 4.92. The lowest BCUT2D eigenvalue weighted by atomic mass is 10.0. The van der Waals surface area contributed by atoms with Gasteiger partial charge in [-0.25, -0.2) is 4.68 Å². The number of amides is 1. The molecule has 0 aliphatic heterocycles. The maximum absolute atomic E-state index is 13.2. The van der Waals surface area contributed by atoms with E-state index in [1.54, 1.807) is 0 Å². The van der Waals surface area contributed by atoms with E-state index in [1.165, 1.54) is 11.1 Å². The molecule has 0 saturated carbocycles. The van der Waals surface area contributed by atoms with Crippen LogP contribution < -0.4 is 5.32 Å². The highest BCUT2D eigenvalue weighted by Gasteiger charge is 2.17. The molecule has 5 aromatic rings. The van der Waals surface area contributed by atoms with Crippen LogP contribution in [-0.2, 0) is 0 Å². The molecule has 1 N–H and O–H groups in total. The summed E-state index contributed by atoms with van der Waals surface area (Å²) in [6.45, 7) is 6.09. The van der Waals surface area contributed by atoms with Crippen molar-refractivity contribution in [3.63, 3.8) is 0 Å². The monoisotopic (exact) mass is 457 g/mol. The Morgan fingerprint density at radius 3 is 1.91 bits per heavy atom. The fraction of sp³-hybridized carbons (Fsp3) is 0.0968. The highest BCUT2D eigenvalue weighted by molar-refractivity contribution is 6.03. The Bertz CT molecular complexity index is 1460. The average molecular weight is 458 g/mol. The number of anilines is 1. The smallest absolute Gasteiger partial charge is 0.276 e. The molecule has 1 amide bonds. The predicted octanol–water partition coefficient (Wildman–Crippen LogP) is 7.38. The highest BCUT2D eigenvalue weighted by Crippen LogP contribution is 2.28. The molecule has 35 heavy (non-hydrogen) atoms. The Kier molecular flexibility index (Phi) is 6.02. The average Bonchev–Trinajstić information content (AvgIpc) is 3.30. The van der Waals surface area contributed by atoms with Crippen LogP contribution in [0, 0.1) is 20.8 Å². The van der Waals surface area contributed by atoms with Crippen molar-refractivity contribution in [1.29, 1.82) is 0 Å². The molecule has 5 rings (SSSR count). The third-order valence-corrected chi connectivity index (χ3v) is 5.99. The van der Waals surface area contributed by atoms with Crippen LogP contribution in [-0.4, -0.2) is 15.7 Å². The first kappa shape index (κ1) is 22.4. The molecule has 172 valence electrons. The summed E-state index contributed by atoms with van der Waals surface area (Å²) in [7, 11) is 0. The minimum Gasteiger partial charge on any atom is -0.321 e. The molecule has 0 saturated heterocycles. The molecule has 1 heterocycles. The summed E-state index contributed by atoms with van der Waals surface area (Å²) in [6, 6.07) is 34.7. The first-order chi connectivity index (χ1) is 17.0. The van der Waals surface area contributed by atoms with E-state index in [-0.39, 0.29) is 5.91 Å². The first-order valence-electron chi connectivity index (χ1n) is 11.7. The molecular weight excluding hydrogens is 430 g/mol. The zero-order valence-electron chi connectivity index (χ0n) is 20.1. The fourth-order valence-corrected chi connectivity index (χ4v) is 4.29. The standard InChI is InChI=1S/C31H27N3O/c1-21-9-15-28(16-10-21)34-30(26-13-11-25(12-14-26)24-7-5-4-6-8-24)20-29(33-34)31(35)32-27-18-22(2)17-23(3)19-27/h4-20H,1-3H3,(H,32,35). The molecule has 4 aromatic carbocycles. The molecule has 0 aliphatic carbocycles. The number of hydrogen-bond acceptors (Lipinski definition) is 2. The minimum absolute atomic E-state index is 0.233. The summed E-state index contributed by atoms with van der Waals surface area (Å²) in [4.78, 5) is 13.2. The minimum atomic E-state index is -0.233. The number of aryl methyl sites for hydroxylation is 3. The van der Waals surface area contributed by atoms with Gasteiger partial charge in [0.25, 0.3) is 5.91 Å². The van der Waals surface area contributed by atoms with E-state index >= 15 is 0 Å². The van der Waals surface area contributed by atoms with Gasteiger partial charge in [-0.2, -0.15) is 5.10 Å². The molecule has 0 unspecified atom stereocenters. The molecule has 0 aliphatic rings. The van der Waals surface area contributed by atoms with Crippen molar-refractivity contribution >= 4 is 11.6 Å². The van der Waals surface area contributed by atoms with Crippen molar-refractivity contribution in [3.8, 4) is 28.1 Å². The van der Waals surface area contributed by atoms with Gasteiger partial charge in [-0.1, -0.05) is 78.4 Å². The third-order valence-electron chi connectivity index (χ3n) is 5.99. The molecule has 4 heteroatoms. The van der Waals surface area contributed by atoms with Crippen LogP contribution in [0.4, 0.5) is 5.69 Å². The number of carbonyl (C=O) groups excluding carboxylic acids is 1. The lowest BCUT2D eigenvalue weighted by molar-refractivity contribution is 0.102. The number of benzene rings is 4. The predicted molar refractivity (Wildman–Crippen MR) is 143 cm³/mol. The van der Waals surface area contributed by atoms with E-state index in [2.05, 4.69) is 66.8 Å². The largest absolute Gasteiger partial charge is 0.321 e. The van der Waals surface area contributed by atoms with Crippen molar-refractivity contribution in [1.82, 2.24) is 9.78 Å². The van der Waals surface area contributed by atoms with Crippen molar-refractivity contribution in [2.24, 2.45) is 0 Å². The molecule has 0 bridgehead atoms. The SMILES string of the molecule is Cc1ccc(-n2nc(C(=O)Nc3cc(C)cc(C)c3)cc2-c2ccc(-c3ccccc3)cc2)cc1. The van der Waals surface area contributed by atoms with Crippen LogP contribution >= 0.6 is 0 Å². The summed E-state index contributed by atoms with van der Waals surface area (Å²) in [6.07, 6.45) is 0. The van der Waals surface area contributed by atoms with Gasteiger partial charge in [0.15, 0.2) is 5.69 Å². The number of hydrogen-bond donors (Lipinski definition) is 1. The number of rotatable bonds is 5. The maximum Gasteiger partial charge on any atom is 0.276 e. The van der Waals surface area contributed by atoms with E-state index in [4.69, 9.17) is 5.10 Å². The number of nitrogens with zero attached hydrogens (tertiary/aromatic N) is 2. The number of nitrogens with one attached hydrogen (secondary N) is 1. The van der Waals surface area contributed by atoms with Gasteiger partial charge in [0, 0.05) is 11.3 Å². The van der Waals surface area contributed by atoms with Gasteiger partial charge >= 0.3 is 0 Å². The Morgan fingerprint density at radius 2 is 1.26 bits per heavy atom. The van der Waals surface area contributed by atoms with E-state index in [9.17, 15) is 4.79 Å². The Labute approximate surface area is 205 Å². The van der Waals surface area contributed by atoms with E-state index in [0.29, 0.717) is 5.69 Å². The second-order valence-corrected chi connectivity index (χ2v) is 8.94. The number of aromatic nitrogens is 2. The van der Waals surface area contributed by atoms with E-state index < -0.39 is 0 Å². The summed E-state index contributed by atoms with van der Waals surface area (Å²) in [5.41, 5.74) is 9.57. The van der Waals surface area contributed by atoms with Crippen LogP contribution in [0.5, 0.6) is 0 Å². The van der Waals surface area contributed by atoms with Crippen molar-refractivity contribution in [3.05, 3.63) is 126 Å². The van der Waals surface area contributed by atoms with Crippen LogP contribution in [0.15, 0.2) is 103 Å². The van der Waals surface area contributed by atoms with E-state index in [1.807, 2.05) is 67.1 Å². The highest BCUT2D eigenvalue weighted by atomic mass is 16.1. The van der Waals surface area contributed by atoms with Crippen LogP contribution in [0.2, 0.25) is 0 Å².